The Kier molecular flexibility index (Phi) is 2.11. The van der Waals surface area contributed by atoms with Crippen LogP contribution in [0.15, 0.2) is 40.3 Å². The first-order valence-corrected chi connectivity index (χ1v) is 4.82. The van der Waals surface area contributed by atoms with E-state index in [2.05, 4.69) is 11.6 Å². The van der Waals surface area contributed by atoms with Gasteiger partial charge in [-0.25, -0.2) is 4.79 Å². The molecule has 0 saturated heterocycles. The predicted octanol–water partition coefficient (Wildman–Crippen LogP) is 0.618. The summed E-state index contributed by atoms with van der Waals surface area (Å²) in [6, 6.07) is 0. The molecule has 0 bridgehead atoms. The lowest BCUT2D eigenvalue weighted by molar-refractivity contribution is 0.0113. The molecule has 1 aliphatic rings. The zero-order valence-electron chi connectivity index (χ0n) is 9.11. The number of rotatable bonds is 1. The van der Waals surface area contributed by atoms with Crippen molar-refractivity contribution >= 4 is 0 Å². The number of aryl methyl sites for hydroxylation is 1. The number of allylic oxidation sites excluding steroid dienone is 1. The Morgan fingerprint density at radius 1 is 1.50 bits per heavy atom. The maximum Gasteiger partial charge on any atom is 0.331 e. The van der Waals surface area contributed by atoms with Gasteiger partial charge in [0.1, 0.15) is 5.76 Å². The number of hydrogen-bond acceptors (Lipinski definition) is 3. The lowest BCUT2D eigenvalue weighted by atomic mass is 10.2. The second-order valence-corrected chi connectivity index (χ2v) is 3.90. The van der Waals surface area contributed by atoms with E-state index in [-0.39, 0.29) is 5.56 Å². The lowest BCUT2D eigenvalue weighted by Gasteiger charge is -2.25. The van der Waals surface area contributed by atoms with Crippen LogP contribution < -0.4 is 11.2 Å². The van der Waals surface area contributed by atoms with Crippen LogP contribution in [0.4, 0.5) is 0 Å². The molecule has 2 rings (SSSR count). The molecule has 0 radical (unpaired) electrons. The highest BCUT2D eigenvalue weighted by Gasteiger charge is 2.31. The van der Waals surface area contributed by atoms with Gasteiger partial charge < -0.3 is 4.74 Å². The summed E-state index contributed by atoms with van der Waals surface area (Å²) in [4.78, 5) is 25.1. The van der Waals surface area contributed by atoms with Crippen LogP contribution in [0.2, 0.25) is 0 Å². The van der Waals surface area contributed by atoms with Crippen molar-refractivity contribution in [1.29, 1.82) is 0 Å². The molecule has 5 nitrogen and oxygen atoms in total. The molecule has 16 heavy (non-hydrogen) atoms. The fraction of sp³-hybridized carbons (Fsp3) is 0.273. The second kappa shape index (κ2) is 3.23. The Balaban J connectivity index is 2.62. The maximum absolute atomic E-state index is 11.7. The third-order valence-corrected chi connectivity index (χ3v) is 2.51. The Bertz CT molecular complexity index is 594. The van der Waals surface area contributed by atoms with Crippen molar-refractivity contribution in [2.24, 2.45) is 0 Å². The number of nitrogens with one attached hydrogen (secondary N) is 1. The second-order valence-electron chi connectivity index (χ2n) is 3.90. The zero-order valence-corrected chi connectivity index (χ0v) is 9.11. The normalized spacial score (nSPS) is 23.5. The number of nitrogens with zero attached hydrogens (tertiary/aromatic N) is 1. The molecule has 1 aromatic rings. The molecule has 1 atom stereocenters. The zero-order chi connectivity index (χ0) is 11.9. The van der Waals surface area contributed by atoms with Crippen LogP contribution >= 0.6 is 0 Å². The van der Waals surface area contributed by atoms with Gasteiger partial charge in [-0.05, 0) is 26.0 Å². The van der Waals surface area contributed by atoms with Crippen LogP contribution in [-0.2, 0) is 10.5 Å². The summed E-state index contributed by atoms with van der Waals surface area (Å²) in [5.74, 6) is 0.484. The SMILES string of the molecule is C=C1C=CC(C)(n2cc(C)c(=O)[nH]c2=O)O1. The largest absolute Gasteiger partial charge is 0.465 e. The molecule has 0 aromatic carbocycles. The Morgan fingerprint density at radius 3 is 2.75 bits per heavy atom. The minimum Gasteiger partial charge on any atom is -0.465 e. The van der Waals surface area contributed by atoms with E-state index in [4.69, 9.17) is 4.74 Å². The highest BCUT2D eigenvalue weighted by molar-refractivity contribution is 5.20. The van der Waals surface area contributed by atoms with E-state index in [1.165, 1.54) is 10.8 Å². The molecule has 0 spiro atoms. The first-order valence-electron chi connectivity index (χ1n) is 4.82. The standard InChI is InChI=1S/C11H12N2O3/c1-7-6-13(10(15)12-9(7)14)11(3)5-4-8(2)16-11/h4-6H,2H2,1,3H3,(H,12,14,15). The molecular formula is C11H12N2O3. The monoisotopic (exact) mass is 220 g/mol. The van der Waals surface area contributed by atoms with Gasteiger partial charge in [-0.1, -0.05) is 6.58 Å². The Hall–Kier alpha value is -2.04. The minimum atomic E-state index is -0.914. The smallest absolute Gasteiger partial charge is 0.331 e. The topological polar surface area (TPSA) is 64.1 Å². The van der Waals surface area contributed by atoms with Gasteiger partial charge in [0.25, 0.3) is 5.56 Å². The number of ether oxygens (including phenoxy) is 1. The molecule has 1 N–H and O–H groups in total. The van der Waals surface area contributed by atoms with Crippen LogP contribution in [0.25, 0.3) is 0 Å². The van der Waals surface area contributed by atoms with E-state index in [1.807, 2.05) is 0 Å². The van der Waals surface area contributed by atoms with Gasteiger partial charge in [-0.15, -0.1) is 0 Å². The molecule has 84 valence electrons. The lowest BCUT2D eigenvalue weighted by Crippen LogP contribution is -2.41. The summed E-state index contributed by atoms with van der Waals surface area (Å²) in [6.07, 6.45) is 4.88. The summed E-state index contributed by atoms with van der Waals surface area (Å²) in [6.45, 7) is 7.00. The van der Waals surface area contributed by atoms with Crippen molar-refractivity contribution in [3.8, 4) is 0 Å². The van der Waals surface area contributed by atoms with Crippen LogP contribution in [0.1, 0.15) is 12.5 Å². The Morgan fingerprint density at radius 2 is 2.19 bits per heavy atom. The highest BCUT2D eigenvalue weighted by Crippen LogP contribution is 2.27. The summed E-state index contributed by atoms with van der Waals surface area (Å²) >= 11 is 0. The van der Waals surface area contributed by atoms with Crippen molar-refractivity contribution in [3.05, 3.63) is 57.1 Å². The average molecular weight is 220 g/mol. The average Bonchev–Trinajstić information content (AvgIpc) is 2.53. The number of aromatic amines is 1. The van der Waals surface area contributed by atoms with E-state index in [9.17, 15) is 9.59 Å². The molecule has 0 aliphatic carbocycles. The molecule has 1 aromatic heterocycles. The highest BCUT2D eigenvalue weighted by atomic mass is 16.5. The van der Waals surface area contributed by atoms with Crippen molar-refractivity contribution in [2.45, 2.75) is 19.6 Å². The van der Waals surface area contributed by atoms with Gasteiger partial charge in [0.15, 0.2) is 0 Å². The molecule has 0 amide bonds. The summed E-state index contributed by atoms with van der Waals surface area (Å²) in [7, 11) is 0. The van der Waals surface area contributed by atoms with Crippen LogP contribution in [0.5, 0.6) is 0 Å². The molecular weight excluding hydrogens is 208 g/mol. The third-order valence-electron chi connectivity index (χ3n) is 2.51. The first kappa shape index (κ1) is 10.5. The van der Waals surface area contributed by atoms with Gasteiger partial charge in [0.2, 0.25) is 5.72 Å². The third kappa shape index (κ3) is 1.50. The predicted molar refractivity (Wildman–Crippen MR) is 59.1 cm³/mol. The molecule has 5 heteroatoms. The van der Waals surface area contributed by atoms with Gasteiger partial charge in [0, 0.05) is 11.8 Å². The van der Waals surface area contributed by atoms with Crippen molar-refractivity contribution in [2.75, 3.05) is 0 Å². The van der Waals surface area contributed by atoms with E-state index in [1.54, 1.807) is 26.0 Å². The van der Waals surface area contributed by atoms with E-state index < -0.39 is 11.4 Å². The molecule has 1 unspecified atom stereocenters. The molecule has 2 heterocycles. The van der Waals surface area contributed by atoms with Crippen LogP contribution in [-0.4, -0.2) is 9.55 Å². The number of H-pyrrole nitrogens is 1. The van der Waals surface area contributed by atoms with Crippen molar-refractivity contribution < 1.29 is 4.74 Å². The van der Waals surface area contributed by atoms with Crippen LogP contribution in [0, 0.1) is 6.92 Å². The van der Waals surface area contributed by atoms with Crippen molar-refractivity contribution in [3.63, 3.8) is 0 Å². The summed E-state index contributed by atoms with van der Waals surface area (Å²) in [5, 5.41) is 0. The van der Waals surface area contributed by atoms with E-state index >= 15 is 0 Å². The van der Waals surface area contributed by atoms with Gasteiger partial charge in [-0.2, -0.15) is 0 Å². The summed E-state index contributed by atoms with van der Waals surface area (Å²) < 4.78 is 6.78. The fourth-order valence-corrected chi connectivity index (χ4v) is 1.61. The molecule has 0 saturated carbocycles. The number of hydrogen-bond donors (Lipinski definition) is 1. The molecule has 0 fully saturated rings. The maximum atomic E-state index is 11.7. The Labute approximate surface area is 91.7 Å². The van der Waals surface area contributed by atoms with E-state index in [0.717, 1.165) is 0 Å². The van der Waals surface area contributed by atoms with Gasteiger partial charge >= 0.3 is 5.69 Å². The van der Waals surface area contributed by atoms with Crippen molar-refractivity contribution in [1.82, 2.24) is 9.55 Å². The first-order chi connectivity index (χ1) is 7.42. The number of aromatic nitrogens is 2. The summed E-state index contributed by atoms with van der Waals surface area (Å²) in [5.41, 5.74) is -1.35. The fourth-order valence-electron chi connectivity index (χ4n) is 1.61. The van der Waals surface area contributed by atoms with E-state index in [0.29, 0.717) is 11.3 Å². The minimum absolute atomic E-state index is 0.384. The quantitative estimate of drug-likeness (QED) is 0.754. The molecule has 1 aliphatic heterocycles. The van der Waals surface area contributed by atoms with Gasteiger partial charge in [0.05, 0.1) is 0 Å². The van der Waals surface area contributed by atoms with Crippen LogP contribution in [0.3, 0.4) is 0 Å². The van der Waals surface area contributed by atoms with Gasteiger partial charge in [-0.3, -0.25) is 14.3 Å².